The van der Waals surface area contributed by atoms with E-state index in [0.29, 0.717) is 0 Å². The van der Waals surface area contributed by atoms with Gasteiger partial charge < -0.3 is 20.8 Å². The van der Waals surface area contributed by atoms with Crippen LogP contribution in [0.3, 0.4) is 0 Å². The molecular formula is C16H32N2O4. The number of carbonyl (C=O) groups is 2. The van der Waals surface area contributed by atoms with E-state index in [0.717, 1.165) is 0 Å². The summed E-state index contributed by atoms with van der Waals surface area (Å²) < 4.78 is 0. The molecule has 0 saturated heterocycles. The highest BCUT2D eigenvalue weighted by atomic mass is 16.3. The molecule has 0 bridgehead atoms. The second-order valence-electron chi connectivity index (χ2n) is 7.95. The number of hydrogen-bond donors (Lipinski definition) is 4. The molecule has 2 amide bonds. The maximum absolute atomic E-state index is 12.1. The molecule has 22 heavy (non-hydrogen) atoms. The molecule has 0 spiro atoms. The Morgan fingerprint density at radius 1 is 1.05 bits per heavy atom. The minimum absolute atomic E-state index is 0.217. The van der Waals surface area contributed by atoms with Crippen LogP contribution in [-0.2, 0) is 9.59 Å². The molecule has 0 heterocycles. The minimum atomic E-state index is -0.701. The Morgan fingerprint density at radius 2 is 1.55 bits per heavy atom. The van der Waals surface area contributed by atoms with E-state index in [1.54, 1.807) is 27.7 Å². The van der Waals surface area contributed by atoms with Crippen LogP contribution in [0.5, 0.6) is 0 Å². The summed E-state index contributed by atoms with van der Waals surface area (Å²) in [6.45, 7) is 12.3. The van der Waals surface area contributed by atoms with Crippen LogP contribution in [0.15, 0.2) is 0 Å². The molecule has 0 unspecified atom stereocenters. The van der Waals surface area contributed by atoms with Crippen LogP contribution >= 0.6 is 0 Å². The smallest absolute Gasteiger partial charge is 0.242 e. The minimum Gasteiger partial charge on any atom is -0.394 e. The Bertz CT molecular complexity index is 383. The van der Waals surface area contributed by atoms with Gasteiger partial charge in [-0.3, -0.25) is 9.59 Å². The summed E-state index contributed by atoms with van der Waals surface area (Å²) in [5.41, 5.74) is -0.905. The molecule has 6 nitrogen and oxygen atoms in total. The average Bonchev–Trinajstić information content (AvgIpc) is 2.34. The van der Waals surface area contributed by atoms with E-state index >= 15 is 0 Å². The molecule has 0 radical (unpaired) electrons. The van der Waals surface area contributed by atoms with Crippen molar-refractivity contribution in [2.45, 2.75) is 73.1 Å². The zero-order valence-electron chi connectivity index (χ0n) is 14.9. The largest absolute Gasteiger partial charge is 0.394 e. The van der Waals surface area contributed by atoms with E-state index in [2.05, 4.69) is 10.6 Å². The topological polar surface area (TPSA) is 98.7 Å². The first-order valence-electron chi connectivity index (χ1n) is 7.69. The van der Waals surface area contributed by atoms with Crippen LogP contribution < -0.4 is 10.6 Å². The van der Waals surface area contributed by atoms with E-state index in [4.69, 9.17) is 0 Å². The lowest BCUT2D eigenvalue weighted by molar-refractivity contribution is -0.133. The normalized spacial score (nSPS) is 16.6. The van der Waals surface area contributed by atoms with E-state index in [1.807, 2.05) is 20.8 Å². The van der Waals surface area contributed by atoms with E-state index in [9.17, 15) is 19.8 Å². The molecule has 0 aromatic heterocycles. The van der Waals surface area contributed by atoms with Gasteiger partial charge in [-0.1, -0.05) is 41.5 Å². The van der Waals surface area contributed by atoms with Gasteiger partial charge in [0.2, 0.25) is 11.8 Å². The lowest BCUT2D eigenvalue weighted by Gasteiger charge is -2.30. The van der Waals surface area contributed by atoms with E-state index < -0.39 is 23.6 Å². The van der Waals surface area contributed by atoms with Crippen molar-refractivity contribution < 1.29 is 19.8 Å². The maximum Gasteiger partial charge on any atom is 0.242 e. The van der Waals surface area contributed by atoms with Gasteiger partial charge in [-0.15, -0.1) is 0 Å². The fraction of sp³-hybridized carbons (Fsp3) is 0.875. The number of hydrogen-bond acceptors (Lipinski definition) is 4. The number of aliphatic hydroxyl groups excluding tert-OH is 2. The number of carbonyl (C=O) groups excluding carboxylic acids is 2. The van der Waals surface area contributed by atoms with Crippen LogP contribution in [0.25, 0.3) is 0 Å². The Labute approximate surface area is 133 Å². The molecule has 0 aromatic rings. The Morgan fingerprint density at radius 3 is 1.91 bits per heavy atom. The summed E-state index contributed by atoms with van der Waals surface area (Å²) in [7, 11) is 0. The van der Waals surface area contributed by atoms with Crippen molar-refractivity contribution in [3.63, 3.8) is 0 Å². The highest BCUT2D eigenvalue weighted by Gasteiger charge is 2.28. The Hall–Kier alpha value is -1.14. The maximum atomic E-state index is 12.1. The third-order valence-corrected chi connectivity index (χ3v) is 3.50. The van der Waals surface area contributed by atoms with Crippen LogP contribution in [0.1, 0.15) is 54.9 Å². The summed E-state index contributed by atoms with van der Waals surface area (Å²) in [4.78, 5) is 24.0. The van der Waals surface area contributed by atoms with Crippen LogP contribution in [0, 0.1) is 10.8 Å². The second kappa shape index (κ2) is 7.92. The van der Waals surface area contributed by atoms with Gasteiger partial charge in [-0.2, -0.15) is 0 Å². The number of amides is 2. The number of nitrogens with one attached hydrogen (secondary N) is 2. The van der Waals surface area contributed by atoms with Gasteiger partial charge in [0.05, 0.1) is 18.8 Å². The van der Waals surface area contributed by atoms with Gasteiger partial charge in [0, 0.05) is 5.41 Å². The summed E-state index contributed by atoms with van der Waals surface area (Å²) in [6.07, 6.45) is -0.393. The summed E-state index contributed by atoms with van der Waals surface area (Å²) in [5, 5.41) is 24.7. The standard InChI is InChI=1S/C16H32N2O4/c1-10(17-14(22)16(5,6)7)13(21)18-11(9-19)8-12(20)15(2,3)4/h10-12,19-20H,8-9H2,1-7H3,(H,17,22)(H,18,21)/t10-,11+,12-/m0/s1. The predicted octanol–water partition coefficient (Wildman–Crippen LogP) is 0.811. The zero-order valence-corrected chi connectivity index (χ0v) is 14.9. The molecule has 0 saturated carbocycles. The quantitative estimate of drug-likeness (QED) is 0.583. The fourth-order valence-corrected chi connectivity index (χ4v) is 1.61. The van der Waals surface area contributed by atoms with E-state index in [1.165, 1.54) is 0 Å². The van der Waals surface area contributed by atoms with Crippen molar-refractivity contribution in [2.24, 2.45) is 10.8 Å². The first kappa shape index (κ1) is 20.9. The molecule has 130 valence electrons. The molecule has 0 aliphatic rings. The summed E-state index contributed by atoms with van der Waals surface area (Å²) in [5.74, 6) is -0.594. The van der Waals surface area contributed by atoms with Gasteiger partial charge in [-0.25, -0.2) is 0 Å². The van der Waals surface area contributed by atoms with Gasteiger partial charge in [0.25, 0.3) is 0 Å². The molecule has 0 aromatic carbocycles. The van der Waals surface area contributed by atoms with E-state index in [-0.39, 0.29) is 30.3 Å². The third kappa shape index (κ3) is 7.22. The molecule has 0 rings (SSSR count). The van der Waals surface area contributed by atoms with Gasteiger partial charge in [0.1, 0.15) is 6.04 Å². The zero-order chi connectivity index (χ0) is 17.7. The SMILES string of the molecule is C[C@H](NC(=O)C(C)(C)C)C(=O)N[C@@H](CO)C[C@H](O)C(C)(C)C. The Kier molecular flexibility index (Phi) is 7.51. The van der Waals surface area contributed by atoms with Crippen LogP contribution in [0.4, 0.5) is 0 Å². The van der Waals surface area contributed by atoms with Gasteiger partial charge in [-0.05, 0) is 18.8 Å². The summed E-state index contributed by atoms with van der Waals surface area (Å²) >= 11 is 0. The van der Waals surface area contributed by atoms with Crippen molar-refractivity contribution in [1.29, 1.82) is 0 Å². The highest BCUT2D eigenvalue weighted by molar-refractivity contribution is 5.89. The first-order chi connectivity index (χ1) is 9.78. The monoisotopic (exact) mass is 316 g/mol. The summed E-state index contributed by atoms with van der Waals surface area (Å²) in [6, 6.07) is -1.25. The predicted molar refractivity (Wildman–Crippen MR) is 86.2 cm³/mol. The van der Waals surface area contributed by atoms with Crippen molar-refractivity contribution in [3.8, 4) is 0 Å². The highest BCUT2D eigenvalue weighted by Crippen LogP contribution is 2.22. The van der Waals surface area contributed by atoms with Crippen molar-refractivity contribution in [1.82, 2.24) is 10.6 Å². The second-order valence-corrected chi connectivity index (χ2v) is 7.95. The van der Waals surface area contributed by atoms with Crippen molar-refractivity contribution in [3.05, 3.63) is 0 Å². The van der Waals surface area contributed by atoms with Crippen molar-refractivity contribution in [2.75, 3.05) is 6.61 Å². The molecule has 3 atom stereocenters. The number of aliphatic hydroxyl groups is 2. The van der Waals surface area contributed by atoms with Crippen LogP contribution in [-0.4, -0.2) is 46.8 Å². The Balaban J connectivity index is 4.57. The molecule has 6 heteroatoms. The molecule has 4 N–H and O–H groups in total. The first-order valence-corrected chi connectivity index (χ1v) is 7.69. The van der Waals surface area contributed by atoms with Gasteiger partial charge in [0.15, 0.2) is 0 Å². The average molecular weight is 316 g/mol. The molecule has 0 fully saturated rings. The molecule has 0 aliphatic carbocycles. The third-order valence-electron chi connectivity index (χ3n) is 3.50. The lowest BCUT2D eigenvalue weighted by atomic mass is 9.85. The van der Waals surface area contributed by atoms with Gasteiger partial charge >= 0.3 is 0 Å². The molecule has 0 aliphatic heterocycles. The lowest BCUT2D eigenvalue weighted by Crippen LogP contribution is -2.52. The molecular weight excluding hydrogens is 284 g/mol. The number of rotatable bonds is 6. The fourth-order valence-electron chi connectivity index (χ4n) is 1.61. The van der Waals surface area contributed by atoms with Crippen molar-refractivity contribution >= 4 is 11.8 Å². The van der Waals surface area contributed by atoms with Crippen LogP contribution in [0.2, 0.25) is 0 Å².